The van der Waals surface area contributed by atoms with Crippen LogP contribution >= 0.6 is 0 Å². The Bertz CT molecular complexity index is 1110. The molecular formula is C22H20N6O. The average Bonchev–Trinajstić information content (AvgIpc) is 3.42. The van der Waals surface area contributed by atoms with Crippen LogP contribution in [-0.2, 0) is 4.79 Å². The van der Waals surface area contributed by atoms with E-state index >= 15 is 0 Å². The van der Waals surface area contributed by atoms with Crippen molar-refractivity contribution in [2.45, 2.75) is 18.5 Å². The molecule has 0 radical (unpaired) electrons. The molecule has 1 amide bonds. The van der Waals surface area contributed by atoms with Crippen molar-refractivity contribution in [2.24, 2.45) is 0 Å². The minimum Gasteiger partial charge on any atom is -0.338 e. The highest BCUT2D eigenvalue weighted by atomic mass is 16.2. The Kier molecular flexibility index (Phi) is 4.51. The number of amides is 1. The van der Waals surface area contributed by atoms with E-state index in [-0.39, 0.29) is 18.0 Å². The van der Waals surface area contributed by atoms with E-state index in [1.54, 1.807) is 12.4 Å². The zero-order valence-corrected chi connectivity index (χ0v) is 15.6. The van der Waals surface area contributed by atoms with E-state index in [9.17, 15) is 4.79 Å². The molecule has 1 aliphatic rings. The van der Waals surface area contributed by atoms with E-state index in [1.807, 2.05) is 60.7 Å². The summed E-state index contributed by atoms with van der Waals surface area (Å²) in [6.45, 7) is 0. The number of carbonyl (C=O) groups excluding carboxylic acids is 1. The Hall–Kier alpha value is -3.55. The predicted molar refractivity (Wildman–Crippen MR) is 112 cm³/mol. The van der Waals surface area contributed by atoms with Gasteiger partial charge in [-0.25, -0.2) is 15.8 Å². The highest BCUT2D eigenvalue weighted by Crippen LogP contribution is 2.24. The van der Waals surface area contributed by atoms with E-state index in [0.717, 1.165) is 33.7 Å². The number of benzene rings is 2. The second-order valence-corrected chi connectivity index (χ2v) is 7.08. The molecule has 29 heavy (non-hydrogen) atoms. The van der Waals surface area contributed by atoms with E-state index in [4.69, 9.17) is 0 Å². The number of pyridine rings is 1. The van der Waals surface area contributed by atoms with Crippen LogP contribution in [0.25, 0.3) is 22.4 Å². The van der Waals surface area contributed by atoms with Crippen molar-refractivity contribution in [1.82, 2.24) is 25.8 Å². The molecular weight excluding hydrogens is 364 g/mol. The van der Waals surface area contributed by atoms with Crippen molar-refractivity contribution < 1.29 is 4.79 Å². The van der Waals surface area contributed by atoms with Gasteiger partial charge in [0.1, 0.15) is 11.9 Å². The summed E-state index contributed by atoms with van der Waals surface area (Å²) in [7, 11) is 0. The van der Waals surface area contributed by atoms with E-state index in [2.05, 4.69) is 31.1 Å². The van der Waals surface area contributed by atoms with E-state index in [1.165, 1.54) is 0 Å². The third kappa shape index (κ3) is 3.61. The molecule has 4 aromatic rings. The maximum Gasteiger partial charge on any atom is 0.242 e. The third-order valence-electron chi connectivity index (χ3n) is 5.14. The second-order valence-electron chi connectivity index (χ2n) is 7.08. The Morgan fingerprint density at radius 3 is 2.55 bits per heavy atom. The summed E-state index contributed by atoms with van der Waals surface area (Å²) in [4.78, 5) is 24.6. The van der Waals surface area contributed by atoms with Gasteiger partial charge >= 0.3 is 0 Å². The third-order valence-corrected chi connectivity index (χ3v) is 5.14. The molecule has 7 heteroatoms. The fourth-order valence-electron chi connectivity index (χ4n) is 3.57. The number of nitrogens with zero attached hydrogens (tertiary/aromatic N) is 2. The molecule has 1 aliphatic heterocycles. The van der Waals surface area contributed by atoms with Gasteiger partial charge in [0.15, 0.2) is 0 Å². The highest BCUT2D eigenvalue weighted by molar-refractivity contribution is 5.95. The average molecular weight is 384 g/mol. The first-order valence-electron chi connectivity index (χ1n) is 9.53. The number of para-hydroxylation sites is 2. The number of H-pyrrole nitrogens is 1. The summed E-state index contributed by atoms with van der Waals surface area (Å²) in [5.41, 5.74) is 11.0. The number of fused-ring (bicyclic) bond motifs is 1. The first-order chi connectivity index (χ1) is 14.3. The Balaban J connectivity index is 1.24. The van der Waals surface area contributed by atoms with Crippen LogP contribution in [0.2, 0.25) is 0 Å². The standard InChI is InChI=1S/C22H20N6O/c29-22(20-13-19(27-28-20)14-9-11-23-12-10-14)24-16-7-5-15(6-8-16)21-25-17-3-1-2-4-18(17)26-21/h1-12,19-20,27-28H,13H2,(H,24,29)(H,25,26). The zero-order valence-electron chi connectivity index (χ0n) is 15.6. The van der Waals surface area contributed by atoms with Crippen LogP contribution in [0.4, 0.5) is 5.69 Å². The lowest BCUT2D eigenvalue weighted by Gasteiger charge is -2.11. The number of hydrogen-bond donors (Lipinski definition) is 4. The number of rotatable bonds is 4. The van der Waals surface area contributed by atoms with Crippen molar-refractivity contribution >= 4 is 22.6 Å². The fourth-order valence-corrected chi connectivity index (χ4v) is 3.57. The van der Waals surface area contributed by atoms with Gasteiger partial charge in [-0.05, 0) is 60.5 Å². The van der Waals surface area contributed by atoms with Crippen LogP contribution in [-0.4, -0.2) is 26.9 Å². The summed E-state index contributed by atoms with van der Waals surface area (Å²) >= 11 is 0. The Morgan fingerprint density at radius 1 is 0.966 bits per heavy atom. The minimum absolute atomic E-state index is 0.0643. The molecule has 2 aromatic heterocycles. The van der Waals surface area contributed by atoms with Crippen molar-refractivity contribution in [3.05, 3.63) is 78.6 Å². The topological polar surface area (TPSA) is 94.7 Å². The number of hydrogen-bond acceptors (Lipinski definition) is 5. The number of nitrogens with one attached hydrogen (secondary N) is 4. The minimum atomic E-state index is -0.303. The molecule has 0 saturated carbocycles. The summed E-state index contributed by atoms with van der Waals surface area (Å²) in [5, 5.41) is 2.98. The summed E-state index contributed by atoms with van der Waals surface area (Å²) in [6, 6.07) is 19.3. The van der Waals surface area contributed by atoms with Gasteiger partial charge in [0.05, 0.1) is 11.0 Å². The number of imidazole rings is 1. The largest absolute Gasteiger partial charge is 0.338 e. The number of carbonyl (C=O) groups is 1. The van der Waals surface area contributed by atoms with Crippen LogP contribution in [0.3, 0.4) is 0 Å². The second kappa shape index (κ2) is 7.46. The molecule has 4 N–H and O–H groups in total. The Labute approximate surface area is 167 Å². The normalized spacial score (nSPS) is 18.8. The molecule has 144 valence electrons. The van der Waals surface area contributed by atoms with Gasteiger partial charge in [0.25, 0.3) is 0 Å². The van der Waals surface area contributed by atoms with Crippen molar-refractivity contribution in [3.8, 4) is 11.4 Å². The molecule has 3 heterocycles. The molecule has 7 nitrogen and oxygen atoms in total. The fraction of sp³-hybridized carbons (Fsp3) is 0.136. The molecule has 5 rings (SSSR count). The first kappa shape index (κ1) is 17.5. The summed E-state index contributed by atoms with van der Waals surface area (Å²) in [6.07, 6.45) is 4.19. The lowest BCUT2D eigenvalue weighted by atomic mass is 10.0. The molecule has 2 aromatic carbocycles. The summed E-state index contributed by atoms with van der Waals surface area (Å²) in [5.74, 6) is 0.747. The van der Waals surface area contributed by atoms with Crippen LogP contribution < -0.4 is 16.2 Å². The van der Waals surface area contributed by atoms with Gasteiger partial charge in [-0.2, -0.15) is 0 Å². The van der Waals surface area contributed by atoms with Gasteiger partial charge in [0, 0.05) is 29.7 Å². The van der Waals surface area contributed by atoms with E-state index < -0.39 is 0 Å². The molecule has 0 bridgehead atoms. The van der Waals surface area contributed by atoms with Crippen molar-refractivity contribution in [3.63, 3.8) is 0 Å². The van der Waals surface area contributed by atoms with Crippen LogP contribution in [0, 0.1) is 0 Å². The quantitative estimate of drug-likeness (QED) is 0.434. The summed E-state index contributed by atoms with van der Waals surface area (Å²) < 4.78 is 0. The number of aromatic amines is 1. The smallest absolute Gasteiger partial charge is 0.242 e. The molecule has 1 fully saturated rings. The van der Waals surface area contributed by atoms with Gasteiger partial charge in [-0.3, -0.25) is 9.78 Å². The number of anilines is 1. The van der Waals surface area contributed by atoms with Crippen molar-refractivity contribution in [1.29, 1.82) is 0 Å². The van der Waals surface area contributed by atoms with Gasteiger partial charge in [-0.15, -0.1) is 0 Å². The number of hydrazine groups is 1. The zero-order chi connectivity index (χ0) is 19.6. The maximum atomic E-state index is 12.6. The maximum absolute atomic E-state index is 12.6. The molecule has 1 saturated heterocycles. The molecule has 2 atom stereocenters. The predicted octanol–water partition coefficient (Wildman–Crippen LogP) is 3.17. The highest BCUT2D eigenvalue weighted by Gasteiger charge is 2.30. The molecule has 0 spiro atoms. The lowest BCUT2D eigenvalue weighted by molar-refractivity contribution is -0.117. The molecule has 2 unspecified atom stereocenters. The first-order valence-corrected chi connectivity index (χ1v) is 9.53. The van der Waals surface area contributed by atoms with Crippen LogP contribution in [0.15, 0.2) is 73.1 Å². The van der Waals surface area contributed by atoms with Gasteiger partial charge in [-0.1, -0.05) is 12.1 Å². The molecule has 0 aliphatic carbocycles. The van der Waals surface area contributed by atoms with Gasteiger partial charge in [0.2, 0.25) is 5.91 Å². The van der Waals surface area contributed by atoms with Crippen molar-refractivity contribution in [2.75, 3.05) is 5.32 Å². The van der Waals surface area contributed by atoms with E-state index in [0.29, 0.717) is 6.42 Å². The lowest BCUT2D eigenvalue weighted by Crippen LogP contribution is -2.39. The van der Waals surface area contributed by atoms with Crippen LogP contribution in [0.5, 0.6) is 0 Å². The monoisotopic (exact) mass is 384 g/mol. The SMILES string of the molecule is O=C(Nc1ccc(-c2nc3ccccc3[nH]2)cc1)C1CC(c2ccncc2)NN1. The van der Waals surface area contributed by atoms with Gasteiger partial charge < -0.3 is 10.3 Å². The van der Waals surface area contributed by atoms with Crippen LogP contribution in [0.1, 0.15) is 18.0 Å². The number of aromatic nitrogens is 3. The Morgan fingerprint density at radius 2 is 1.76 bits per heavy atom.